The minimum Gasteiger partial charge on any atom is -0.467 e. The lowest BCUT2D eigenvalue weighted by Gasteiger charge is -2.29. The zero-order chi connectivity index (χ0) is 20.6. The summed E-state index contributed by atoms with van der Waals surface area (Å²) in [5, 5.41) is 0. The van der Waals surface area contributed by atoms with Crippen LogP contribution in [0.25, 0.3) is 0 Å². The summed E-state index contributed by atoms with van der Waals surface area (Å²) < 4.78 is 34.8. The van der Waals surface area contributed by atoms with E-state index in [1.54, 1.807) is 6.26 Å². The van der Waals surface area contributed by atoms with Crippen molar-refractivity contribution in [2.75, 3.05) is 18.0 Å². The molecule has 3 aromatic rings. The van der Waals surface area contributed by atoms with Crippen LogP contribution < -0.4 is 9.62 Å². The fourth-order valence-electron chi connectivity index (χ4n) is 4.38. The molecular formula is C23H26N2O3S. The van der Waals surface area contributed by atoms with E-state index in [-0.39, 0.29) is 12.6 Å². The number of nitrogens with one attached hydrogen (secondary N) is 1. The van der Waals surface area contributed by atoms with E-state index in [4.69, 9.17) is 4.42 Å². The number of nitrogens with zero attached hydrogens (tertiary/aromatic N) is 1. The van der Waals surface area contributed by atoms with Crippen LogP contribution in [0.4, 0.5) is 5.69 Å². The number of para-hydroxylation sites is 1. The monoisotopic (exact) mass is 410 g/mol. The van der Waals surface area contributed by atoms with Crippen LogP contribution in [0.2, 0.25) is 0 Å². The normalized spacial score (nSPS) is 14.8. The molecule has 1 aromatic heterocycles. The summed E-state index contributed by atoms with van der Waals surface area (Å²) in [6.45, 7) is 6.72. The maximum absolute atomic E-state index is 13.2. The van der Waals surface area contributed by atoms with Gasteiger partial charge in [0.25, 0.3) is 0 Å². The van der Waals surface area contributed by atoms with Gasteiger partial charge in [0.15, 0.2) is 0 Å². The molecule has 2 aromatic carbocycles. The lowest BCUT2D eigenvalue weighted by molar-refractivity contribution is 0.447. The van der Waals surface area contributed by atoms with E-state index in [0.717, 1.165) is 41.1 Å². The summed E-state index contributed by atoms with van der Waals surface area (Å²) in [4.78, 5) is 2.59. The number of rotatable bonds is 6. The molecule has 29 heavy (non-hydrogen) atoms. The van der Waals surface area contributed by atoms with Gasteiger partial charge in [0.2, 0.25) is 10.0 Å². The number of fused-ring (bicyclic) bond motifs is 1. The van der Waals surface area contributed by atoms with Gasteiger partial charge in [0, 0.05) is 18.8 Å². The Kier molecular flexibility index (Phi) is 5.23. The van der Waals surface area contributed by atoms with E-state index in [1.807, 2.05) is 57.2 Å². The van der Waals surface area contributed by atoms with Gasteiger partial charge in [-0.1, -0.05) is 35.9 Å². The van der Waals surface area contributed by atoms with Crippen LogP contribution >= 0.6 is 0 Å². The van der Waals surface area contributed by atoms with E-state index >= 15 is 0 Å². The highest BCUT2D eigenvalue weighted by atomic mass is 32.2. The SMILES string of the molecule is Cc1cc(C)c(S(=O)(=O)NCC(c2ccco2)N2CCc3ccccc32)c(C)c1. The molecule has 6 heteroatoms. The molecule has 0 radical (unpaired) electrons. The molecule has 1 N–H and O–H groups in total. The molecular weight excluding hydrogens is 384 g/mol. The number of furan rings is 1. The van der Waals surface area contributed by atoms with Crippen molar-refractivity contribution < 1.29 is 12.8 Å². The lowest BCUT2D eigenvalue weighted by Crippen LogP contribution is -2.37. The summed E-state index contributed by atoms with van der Waals surface area (Å²) in [5.41, 5.74) is 4.99. The minimum atomic E-state index is -3.65. The lowest BCUT2D eigenvalue weighted by atomic mass is 10.1. The first-order valence-electron chi connectivity index (χ1n) is 9.82. The van der Waals surface area contributed by atoms with Crippen molar-refractivity contribution in [2.45, 2.75) is 38.1 Å². The Bertz CT molecular complexity index is 1100. The van der Waals surface area contributed by atoms with Gasteiger partial charge in [-0.2, -0.15) is 0 Å². The standard InChI is InChI=1S/C23H26N2O3S/c1-16-13-17(2)23(18(3)14-16)29(26,27)24-15-21(22-9-6-12-28-22)25-11-10-19-7-4-5-8-20(19)25/h4-9,12-14,21,24H,10-11,15H2,1-3H3. The molecule has 2 heterocycles. The van der Waals surface area contributed by atoms with E-state index in [1.165, 1.54) is 5.56 Å². The molecule has 1 atom stereocenters. The number of benzene rings is 2. The summed E-state index contributed by atoms with van der Waals surface area (Å²) in [6.07, 6.45) is 2.57. The predicted octanol–water partition coefficient (Wildman–Crippen LogP) is 4.29. The largest absolute Gasteiger partial charge is 0.467 e. The first kappa shape index (κ1) is 19.7. The number of anilines is 1. The average Bonchev–Trinajstić information content (AvgIpc) is 3.31. The second-order valence-corrected chi connectivity index (χ2v) is 9.39. The van der Waals surface area contributed by atoms with Crippen molar-refractivity contribution >= 4 is 15.7 Å². The highest BCUT2D eigenvalue weighted by Gasteiger charge is 2.30. The van der Waals surface area contributed by atoms with Crippen LogP contribution in [0.3, 0.4) is 0 Å². The van der Waals surface area contributed by atoms with Gasteiger partial charge in [0.1, 0.15) is 11.8 Å². The molecule has 0 saturated carbocycles. The molecule has 1 unspecified atom stereocenters. The first-order chi connectivity index (χ1) is 13.9. The smallest absolute Gasteiger partial charge is 0.241 e. The third-order valence-electron chi connectivity index (χ3n) is 5.51. The van der Waals surface area contributed by atoms with Crippen molar-refractivity contribution in [1.29, 1.82) is 0 Å². The molecule has 0 saturated heterocycles. The quantitative estimate of drug-likeness (QED) is 0.659. The van der Waals surface area contributed by atoms with E-state index in [0.29, 0.717) is 4.90 Å². The van der Waals surface area contributed by atoms with Gasteiger partial charge < -0.3 is 9.32 Å². The van der Waals surface area contributed by atoms with Crippen LogP contribution in [0.5, 0.6) is 0 Å². The zero-order valence-electron chi connectivity index (χ0n) is 17.0. The molecule has 0 amide bonds. The van der Waals surface area contributed by atoms with Crippen LogP contribution in [0.1, 0.15) is 34.1 Å². The Morgan fingerprint density at radius 3 is 2.48 bits per heavy atom. The van der Waals surface area contributed by atoms with Gasteiger partial charge in [-0.05, 0) is 62.1 Å². The molecule has 0 aliphatic carbocycles. The highest BCUT2D eigenvalue weighted by Crippen LogP contribution is 2.35. The van der Waals surface area contributed by atoms with Crippen molar-refractivity contribution in [3.63, 3.8) is 0 Å². The Morgan fingerprint density at radius 2 is 1.79 bits per heavy atom. The fourth-order valence-corrected chi connectivity index (χ4v) is 5.87. The van der Waals surface area contributed by atoms with Crippen molar-refractivity contribution in [3.05, 3.63) is 82.8 Å². The molecule has 152 valence electrons. The van der Waals surface area contributed by atoms with Crippen LogP contribution in [-0.4, -0.2) is 21.5 Å². The summed E-state index contributed by atoms with van der Waals surface area (Å²) >= 11 is 0. The van der Waals surface area contributed by atoms with E-state index < -0.39 is 10.0 Å². The maximum Gasteiger partial charge on any atom is 0.241 e. The summed E-state index contributed by atoms with van der Waals surface area (Å²) in [6, 6.07) is 15.6. The summed E-state index contributed by atoms with van der Waals surface area (Å²) in [5.74, 6) is 0.752. The molecule has 0 spiro atoms. The van der Waals surface area contributed by atoms with E-state index in [9.17, 15) is 8.42 Å². The van der Waals surface area contributed by atoms with Crippen LogP contribution in [0.15, 0.2) is 64.1 Å². The van der Waals surface area contributed by atoms with Crippen LogP contribution in [-0.2, 0) is 16.4 Å². The van der Waals surface area contributed by atoms with Gasteiger partial charge in [-0.3, -0.25) is 0 Å². The van der Waals surface area contributed by atoms with Gasteiger partial charge in [-0.15, -0.1) is 0 Å². The number of aryl methyl sites for hydroxylation is 3. The fraction of sp³-hybridized carbons (Fsp3) is 0.304. The highest BCUT2D eigenvalue weighted by molar-refractivity contribution is 7.89. The van der Waals surface area contributed by atoms with E-state index in [2.05, 4.69) is 21.8 Å². The Hall–Kier alpha value is -2.57. The third kappa shape index (κ3) is 3.82. The maximum atomic E-state index is 13.2. The number of hydrogen-bond donors (Lipinski definition) is 1. The molecule has 4 rings (SSSR count). The van der Waals surface area contributed by atoms with Gasteiger partial charge >= 0.3 is 0 Å². The topological polar surface area (TPSA) is 62.6 Å². The number of sulfonamides is 1. The van der Waals surface area contributed by atoms with Gasteiger partial charge in [0.05, 0.1) is 11.2 Å². The van der Waals surface area contributed by atoms with Crippen molar-refractivity contribution in [3.8, 4) is 0 Å². The second kappa shape index (κ2) is 7.69. The Morgan fingerprint density at radius 1 is 1.07 bits per heavy atom. The molecule has 0 bridgehead atoms. The summed E-state index contributed by atoms with van der Waals surface area (Å²) in [7, 11) is -3.65. The minimum absolute atomic E-state index is 0.213. The number of hydrogen-bond acceptors (Lipinski definition) is 4. The molecule has 1 aliphatic heterocycles. The second-order valence-electron chi connectivity index (χ2n) is 7.68. The average molecular weight is 411 g/mol. The molecule has 1 aliphatic rings. The van der Waals surface area contributed by atoms with Crippen molar-refractivity contribution in [1.82, 2.24) is 4.72 Å². The zero-order valence-corrected chi connectivity index (χ0v) is 17.8. The molecule has 5 nitrogen and oxygen atoms in total. The predicted molar refractivity (Wildman–Crippen MR) is 115 cm³/mol. The van der Waals surface area contributed by atoms with Gasteiger partial charge in [-0.25, -0.2) is 13.1 Å². The third-order valence-corrected chi connectivity index (χ3v) is 7.24. The first-order valence-corrected chi connectivity index (χ1v) is 11.3. The van der Waals surface area contributed by atoms with Crippen molar-refractivity contribution in [2.24, 2.45) is 0 Å². The van der Waals surface area contributed by atoms with Crippen LogP contribution in [0, 0.1) is 20.8 Å². The Labute approximate surface area is 172 Å². The Balaban J connectivity index is 1.64. The molecule has 0 fully saturated rings.